The van der Waals surface area contributed by atoms with E-state index in [1.165, 1.54) is 12.1 Å². The molecule has 4 N–H and O–H groups in total. The highest BCUT2D eigenvalue weighted by atomic mass is 19.1. The number of carbonyl (C=O) groups is 5. The van der Waals surface area contributed by atoms with Gasteiger partial charge in [-0.1, -0.05) is 6.07 Å². The van der Waals surface area contributed by atoms with Crippen LogP contribution in [0, 0.1) is 24.5 Å². The number of H-pyrrole nitrogens is 1. The Balaban J connectivity index is 0.863. The van der Waals surface area contributed by atoms with Crippen LogP contribution >= 0.6 is 0 Å². The minimum Gasteiger partial charge on any atom is -0.371 e. The SMILES string of the molecule is Cc1cc(Nc2nc(NCc3ccc(F)cc3F)nc3c2cnn3C2CCN(C(=O)C3CCN(c4ccc5c(c4)C(=O)N(C4CCC(=O)NC4=O)C5=O)C3)CC2)n[nH]1. The fraction of sp³-hybridized carbons (Fsp3) is 0.359. The van der Waals surface area contributed by atoms with E-state index in [2.05, 4.69) is 31.1 Å². The molecule has 298 valence electrons. The lowest BCUT2D eigenvalue weighted by atomic mass is 10.0. The van der Waals surface area contributed by atoms with E-state index in [0.29, 0.717) is 73.8 Å². The van der Waals surface area contributed by atoms with E-state index in [-0.39, 0.29) is 59.9 Å². The molecule has 5 amide bonds. The molecule has 3 saturated heterocycles. The molecule has 3 aromatic heterocycles. The molecule has 0 bridgehead atoms. The van der Waals surface area contributed by atoms with Crippen molar-refractivity contribution in [3.8, 4) is 0 Å². The number of aromatic amines is 1. The summed E-state index contributed by atoms with van der Waals surface area (Å²) in [6.45, 7) is 3.93. The molecule has 9 rings (SSSR count). The number of likely N-dealkylation sites (tertiary alicyclic amines) is 1. The van der Waals surface area contributed by atoms with Gasteiger partial charge in [-0.15, -0.1) is 0 Å². The third kappa shape index (κ3) is 6.75. The first-order valence-electron chi connectivity index (χ1n) is 19.1. The van der Waals surface area contributed by atoms with E-state index in [9.17, 15) is 32.8 Å². The molecule has 3 fully saturated rings. The van der Waals surface area contributed by atoms with Crippen LogP contribution in [0.25, 0.3) is 11.0 Å². The minimum atomic E-state index is -1.04. The maximum absolute atomic E-state index is 14.4. The van der Waals surface area contributed by atoms with E-state index >= 15 is 0 Å². The molecule has 58 heavy (non-hydrogen) atoms. The molecule has 0 saturated carbocycles. The van der Waals surface area contributed by atoms with Crippen molar-refractivity contribution in [3.05, 3.63) is 82.7 Å². The monoisotopic (exact) mass is 792 g/mol. The number of imide groups is 2. The zero-order valence-corrected chi connectivity index (χ0v) is 31.3. The molecule has 19 heteroatoms. The lowest BCUT2D eigenvalue weighted by molar-refractivity contribution is -0.137. The Morgan fingerprint density at radius 1 is 0.931 bits per heavy atom. The van der Waals surface area contributed by atoms with Crippen LogP contribution in [0.15, 0.2) is 48.7 Å². The normalized spacial score (nSPS) is 19.9. The number of fused-ring (bicyclic) bond motifs is 2. The number of nitrogens with zero attached hydrogens (tertiary/aromatic N) is 8. The molecular weight excluding hydrogens is 755 g/mol. The Kier molecular flexibility index (Phi) is 9.28. The first kappa shape index (κ1) is 36.8. The largest absolute Gasteiger partial charge is 0.371 e. The van der Waals surface area contributed by atoms with Crippen molar-refractivity contribution in [3.63, 3.8) is 0 Å². The molecule has 4 aliphatic heterocycles. The van der Waals surface area contributed by atoms with Gasteiger partial charge < -0.3 is 20.4 Å². The summed E-state index contributed by atoms with van der Waals surface area (Å²) >= 11 is 0. The Bertz CT molecular complexity index is 2510. The Hall–Kier alpha value is -6.79. The second-order valence-electron chi connectivity index (χ2n) is 15.0. The van der Waals surface area contributed by atoms with E-state index < -0.39 is 41.3 Å². The standard InChI is InChI=1S/C39H38F2N12O5/c1-20-14-31(49-48-20)44-33-28-18-43-53(34(28)47-39(46-33)42-17-21-2-3-23(40)15-29(21)41)24-9-12-50(13-10-24)36(56)22-8-11-51(19-22)25-4-5-26-27(16-25)38(58)52(37(26)57)30-6-7-32(54)45-35(30)55/h2-5,14-16,18,22,24,30H,6-13,17,19H2,1H3,(H,45,54,55)(H3,42,44,46,47,48,49). The predicted octanol–water partition coefficient (Wildman–Crippen LogP) is 3.58. The zero-order chi connectivity index (χ0) is 40.2. The number of rotatable bonds is 9. The third-order valence-electron chi connectivity index (χ3n) is 11.3. The summed E-state index contributed by atoms with van der Waals surface area (Å²) < 4.78 is 29.8. The predicted molar refractivity (Wildman–Crippen MR) is 204 cm³/mol. The second kappa shape index (κ2) is 14.6. The number of amides is 5. The molecule has 5 aromatic rings. The van der Waals surface area contributed by atoms with Crippen molar-refractivity contribution in [1.82, 2.24) is 45.1 Å². The molecule has 4 aliphatic rings. The first-order valence-corrected chi connectivity index (χ1v) is 19.1. The average Bonchev–Trinajstić information content (AvgIpc) is 4.02. The molecule has 7 heterocycles. The maximum Gasteiger partial charge on any atom is 0.262 e. The van der Waals surface area contributed by atoms with Crippen molar-refractivity contribution in [2.24, 2.45) is 5.92 Å². The molecule has 2 aromatic carbocycles. The summed E-state index contributed by atoms with van der Waals surface area (Å²) in [5.74, 6) is -2.62. The lowest BCUT2D eigenvalue weighted by Gasteiger charge is -2.33. The molecule has 2 atom stereocenters. The number of carbonyl (C=O) groups excluding carboxylic acids is 5. The number of hydrogen-bond acceptors (Lipinski definition) is 12. The number of piperidine rings is 2. The zero-order valence-electron chi connectivity index (χ0n) is 31.3. The second-order valence-corrected chi connectivity index (χ2v) is 15.0. The summed E-state index contributed by atoms with van der Waals surface area (Å²) in [4.78, 5) is 78.8. The number of benzene rings is 2. The average molecular weight is 793 g/mol. The summed E-state index contributed by atoms with van der Waals surface area (Å²) in [7, 11) is 0. The number of halogens is 2. The molecule has 17 nitrogen and oxygen atoms in total. The number of anilines is 4. The first-order chi connectivity index (χ1) is 28.0. The van der Waals surface area contributed by atoms with Crippen LogP contribution < -0.4 is 20.9 Å². The fourth-order valence-electron chi connectivity index (χ4n) is 8.25. The van der Waals surface area contributed by atoms with Crippen LogP contribution in [-0.4, -0.2) is 102 Å². The van der Waals surface area contributed by atoms with E-state index in [1.807, 2.05) is 27.5 Å². The summed E-state index contributed by atoms with van der Waals surface area (Å²) in [6.07, 6.45) is 3.67. The van der Waals surface area contributed by atoms with Crippen LogP contribution in [-0.2, 0) is 20.9 Å². The van der Waals surface area contributed by atoms with Gasteiger partial charge in [0.2, 0.25) is 23.7 Å². The van der Waals surface area contributed by atoms with E-state index in [0.717, 1.165) is 16.7 Å². The van der Waals surface area contributed by atoms with Gasteiger partial charge in [-0.05, 0) is 56.9 Å². The van der Waals surface area contributed by atoms with Crippen molar-refractivity contribution in [2.75, 3.05) is 41.7 Å². The Labute approximate surface area is 329 Å². The Morgan fingerprint density at radius 3 is 2.50 bits per heavy atom. The number of aryl methyl sites for hydroxylation is 1. The number of nitrogens with one attached hydrogen (secondary N) is 4. The smallest absolute Gasteiger partial charge is 0.262 e. The highest BCUT2D eigenvalue weighted by Crippen LogP contribution is 2.35. The molecule has 0 aliphatic carbocycles. The van der Waals surface area contributed by atoms with Gasteiger partial charge in [0.05, 0.1) is 34.7 Å². The minimum absolute atomic E-state index is 0.0131. The van der Waals surface area contributed by atoms with Gasteiger partial charge in [-0.3, -0.25) is 39.3 Å². The van der Waals surface area contributed by atoms with Crippen molar-refractivity contribution in [1.29, 1.82) is 0 Å². The van der Waals surface area contributed by atoms with Gasteiger partial charge in [0.25, 0.3) is 11.8 Å². The van der Waals surface area contributed by atoms with E-state index in [1.54, 1.807) is 24.4 Å². The van der Waals surface area contributed by atoms with Crippen LogP contribution in [0.4, 0.5) is 32.1 Å². The van der Waals surface area contributed by atoms with Gasteiger partial charge >= 0.3 is 0 Å². The third-order valence-corrected chi connectivity index (χ3v) is 11.3. The van der Waals surface area contributed by atoms with Crippen LogP contribution in [0.2, 0.25) is 0 Å². The van der Waals surface area contributed by atoms with Crippen LogP contribution in [0.3, 0.4) is 0 Å². The molecule has 2 unspecified atom stereocenters. The topological polar surface area (TPSA) is 203 Å². The van der Waals surface area contributed by atoms with Crippen LogP contribution in [0.1, 0.15) is 70.1 Å². The van der Waals surface area contributed by atoms with Crippen molar-refractivity contribution >= 4 is 63.8 Å². The van der Waals surface area contributed by atoms with Gasteiger partial charge in [-0.25, -0.2) is 13.5 Å². The van der Waals surface area contributed by atoms with E-state index in [4.69, 9.17) is 10.1 Å². The summed E-state index contributed by atoms with van der Waals surface area (Å²) in [5, 5.41) is 21.0. The summed E-state index contributed by atoms with van der Waals surface area (Å²) in [6, 6.07) is 9.07. The Morgan fingerprint density at radius 2 is 1.74 bits per heavy atom. The fourth-order valence-corrected chi connectivity index (χ4v) is 8.25. The van der Waals surface area contributed by atoms with Gasteiger partial charge in [-0.2, -0.15) is 20.2 Å². The van der Waals surface area contributed by atoms with Gasteiger partial charge in [0, 0.05) is 68.2 Å². The van der Waals surface area contributed by atoms with Crippen molar-refractivity contribution in [2.45, 2.75) is 57.7 Å². The van der Waals surface area contributed by atoms with Gasteiger partial charge in [0.15, 0.2) is 11.5 Å². The van der Waals surface area contributed by atoms with Crippen LogP contribution in [0.5, 0.6) is 0 Å². The lowest BCUT2D eigenvalue weighted by Crippen LogP contribution is -2.54. The quantitative estimate of drug-likeness (QED) is 0.158. The van der Waals surface area contributed by atoms with Gasteiger partial charge in [0.1, 0.15) is 23.5 Å². The highest BCUT2D eigenvalue weighted by molar-refractivity contribution is 6.23. The van der Waals surface area contributed by atoms with Crippen molar-refractivity contribution < 1.29 is 32.8 Å². The number of aromatic nitrogens is 6. The molecular formula is C39H38F2N12O5. The molecule has 0 spiro atoms. The maximum atomic E-state index is 14.4. The summed E-state index contributed by atoms with van der Waals surface area (Å²) in [5.41, 5.74) is 2.74. The molecule has 0 radical (unpaired) electrons. The highest BCUT2D eigenvalue weighted by Gasteiger charge is 2.45. The number of hydrogen-bond donors (Lipinski definition) is 4.